The number of carboxylic acids is 1. The van der Waals surface area contributed by atoms with Gasteiger partial charge in [0, 0.05) is 0 Å². The fourth-order valence-electron chi connectivity index (χ4n) is 0.488. The Morgan fingerprint density at radius 2 is 2.44 bits per heavy atom. The molecule has 0 bridgehead atoms. The molecule has 0 spiro atoms. The van der Waals surface area contributed by atoms with Crippen molar-refractivity contribution >= 4 is 17.3 Å². The highest BCUT2D eigenvalue weighted by Crippen LogP contribution is 2.12. The Labute approximate surface area is 56.8 Å². The quantitative estimate of drug-likeness (QED) is 0.645. The zero-order valence-electron chi connectivity index (χ0n) is 4.63. The van der Waals surface area contributed by atoms with Crippen molar-refractivity contribution in [3.8, 4) is 0 Å². The third kappa shape index (κ3) is 1.29. The Hall–Kier alpha value is -0.830. The van der Waals surface area contributed by atoms with Crippen LogP contribution in [0.15, 0.2) is 11.4 Å². The van der Waals surface area contributed by atoms with Gasteiger partial charge in [0.1, 0.15) is 4.88 Å². The minimum atomic E-state index is -0.880. The van der Waals surface area contributed by atoms with Crippen LogP contribution < -0.4 is 0 Å². The number of thiophene rings is 1. The molecule has 0 aliphatic heterocycles. The minimum Gasteiger partial charge on any atom is -0.477 e. The second-order valence-corrected chi connectivity index (χ2v) is 2.54. The highest BCUT2D eigenvalue weighted by Gasteiger charge is 2.02. The summed E-state index contributed by atoms with van der Waals surface area (Å²) < 4.78 is 0. The number of hydrogen-bond donors (Lipinski definition) is 1. The maximum Gasteiger partial charge on any atom is 0.345 e. The molecule has 1 aromatic rings. The van der Waals surface area contributed by atoms with Crippen LogP contribution in [0.3, 0.4) is 0 Å². The maximum atomic E-state index is 10.2. The van der Waals surface area contributed by atoms with Crippen LogP contribution >= 0.6 is 11.3 Å². The van der Waals surface area contributed by atoms with E-state index in [1.54, 1.807) is 11.4 Å². The molecular formula is C6H5O2S. The van der Waals surface area contributed by atoms with Crippen molar-refractivity contribution in [2.45, 2.75) is 0 Å². The predicted molar refractivity (Wildman–Crippen MR) is 35.7 cm³/mol. The van der Waals surface area contributed by atoms with Gasteiger partial charge < -0.3 is 5.11 Å². The molecule has 9 heavy (non-hydrogen) atoms. The van der Waals surface area contributed by atoms with Crippen LogP contribution in [0.4, 0.5) is 0 Å². The van der Waals surface area contributed by atoms with Crippen molar-refractivity contribution in [3.05, 3.63) is 28.8 Å². The van der Waals surface area contributed by atoms with E-state index >= 15 is 0 Å². The Morgan fingerprint density at radius 1 is 1.78 bits per heavy atom. The summed E-state index contributed by atoms with van der Waals surface area (Å²) in [6, 6.07) is 1.55. The van der Waals surface area contributed by atoms with Crippen molar-refractivity contribution in [1.29, 1.82) is 0 Å². The first-order valence-corrected chi connectivity index (χ1v) is 3.22. The lowest BCUT2D eigenvalue weighted by molar-refractivity contribution is 0.0702. The molecule has 1 N–H and O–H groups in total. The van der Waals surface area contributed by atoms with Gasteiger partial charge in [-0.15, -0.1) is 11.3 Å². The van der Waals surface area contributed by atoms with Crippen molar-refractivity contribution in [3.63, 3.8) is 0 Å². The molecule has 47 valence electrons. The van der Waals surface area contributed by atoms with Crippen LogP contribution in [0.25, 0.3) is 0 Å². The molecule has 0 saturated heterocycles. The number of carbonyl (C=O) groups is 1. The van der Waals surface area contributed by atoms with Gasteiger partial charge in [0.25, 0.3) is 0 Å². The van der Waals surface area contributed by atoms with Crippen molar-refractivity contribution in [1.82, 2.24) is 0 Å². The molecule has 1 rings (SSSR count). The van der Waals surface area contributed by atoms with E-state index in [4.69, 9.17) is 5.11 Å². The molecule has 0 atom stereocenters. The summed E-state index contributed by atoms with van der Waals surface area (Å²) in [5.41, 5.74) is 0.761. The van der Waals surface area contributed by atoms with Crippen LogP contribution in [0.1, 0.15) is 15.2 Å². The summed E-state index contributed by atoms with van der Waals surface area (Å²) in [5.74, 6) is -0.880. The Kier molecular flexibility index (Phi) is 1.53. The SMILES string of the molecule is [CH2]c1csc(C(=O)O)c1. The lowest BCUT2D eigenvalue weighted by Crippen LogP contribution is -1.89. The van der Waals surface area contributed by atoms with E-state index in [9.17, 15) is 4.79 Å². The monoisotopic (exact) mass is 141 g/mol. The zero-order valence-corrected chi connectivity index (χ0v) is 5.44. The third-order valence-corrected chi connectivity index (χ3v) is 1.83. The molecular weight excluding hydrogens is 136 g/mol. The molecule has 1 radical (unpaired) electrons. The van der Waals surface area contributed by atoms with E-state index in [0.717, 1.165) is 5.56 Å². The standard InChI is InChI=1S/C6H5O2S/c1-4-2-5(6(7)8)9-3-4/h2-3H,1H2,(H,7,8). The summed E-state index contributed by atoms with van der Waals surface area (Å²) in [6.45, 7) is 3.57. The van der Waals surface area contributed by atoms with Crippen molar-refractivity contribution < 1.29 is 9.90 Å². The van der Waals surface area contributed by atoms with E-state index in [-0.39, 0.29) is 0 Å². The van der Waals surface area contributed by atoms with Gasteiger partial charge in [-0.25, -0.2) is 4.79 Å². The van der Waals surface area contributed by atoms with Gasteiger partial charge in [-0.2, -0.15) is 0 Å². The Balaban J connectivity index is 2.98. The van der Waals surface area contributed by atoms with E-state index in [2.05, 4.69) is 6.92 Å². The molecule has 3 heteroatoms. The first-order chi connectivity index (χ1) is 4.20. The largest absolute Gasteiger partial charge is 0.477 e. The summed E-state index contributed by atoms with van der Waals surface area (Å²) in [4.78, 5) is 10.5. The van der Waals surface area contributed by atoms with Crippen LogP contribution in [0.2, 0.25) is 0 Å². The van der Waals surface area contributed by atoms with Gasteiger partial charge in [-0.05, 0) is 23.9 Å². The molecule has 0 aromatic carbocycles. The summed E-state index contributed by atoms with van der Waals surface area (Å²) in [5, 5.41) is 10.1. The Morgan fingerprint density at radius 3 is 2.67 bits per heavy atom. The minimum absolute atomic E-state index is 0.347. The summed E-state index contributed by atoms with van der Waals surface area (Å²) in [6.07, 6.45) is 0. The average molecular weight is 141 g/mol. The smallest absolute Gasteiger partial charge is 0.345 e. The second-order valence-electron chi connectivity index (χ2n) is 1.62. The molecule has 0 aliphatic rings. The average Bonchev–Trinajstić information content (AvgIpc) is 2.14. The van der Waals surface area contributed by atoms with E-state index < -0.39 is 5.97 Å². The molecule has 2 nitrogen and oxygen atoms in total. The van der Waals surface area contributed by atoms with Gasteiger partial charge in [0.05, 0.1) is 0 Å². The number of rotatable bonds is 1. The van der Waals surface area contributed by atoms with Crippen LogP contribution in [0.5, 0.6) is 0 Å². The summed E-state index contributed by atoms with van der Waals surface area (Å²) >= 11 is 1.20. The highest BCUT2D eigenvalue weighted by molar-refractivity contribution is 7.12. The third-order valence-electron chi connectivity index (χ3n) is 0.865. The predicted octanol–water partition coefficient (Wildman–Crippen LogP) is 1.63. The molecule has 1 heterocycles. The van der Waals surface area contributed by atoms with Gasteiger partial charge >= 0.3 is 5.97 Å². The number of hydrogen-bond acceptors (Lipinski definition) is 2. The molecule has 0 amide bonds. The lowest BCUT2D eigenvalue weighted by Gasteiger charge is -1.79. The van der Waals surface area contributed by atoms with E-state index in [1.807, 2.05) is 0 Å². The normalized spacial score (nSPS) is 9.44. The summed E-state index contributed by atoms with van der Waals surface area (Å²) in [7, 11) is 0. The van der Waals surface area contributed by atoms with Crippen molar-refractivity contribution in [2.75, 3.05) is 0 Å². The zero-order chi connectivity index (χ0) is 6.85. The highest BCUT2D eigenvalue weighted by atomic mass is 32.1. The van der Waals surface area contributed by atoms with Gasteiger partial charge in [0.2, 0.25) is 0 Å². The molecule has 0 aliphatic carbocycles. The second kappa shape index (κ2) is 2.19. The van der Waals surface area contributed by atoms with Crippen LogP contribution in [-0.2, 0) is 0 Å². The van der Waals surface area contributed by atoms with Gasteiger partial charge in [0.15, 0.2) is 0 Å². The van der Waals surface area contributed by atoms with E-state index in [1.165, 1.54) is 11.3 Å². The lowest BCUT2D eigenvalue weighted by atomic mass is 10.3. The van der Waals surface area contributed by atoms with Gasteiger partial charge in [-0.1, -0.05) is 0 Å². The molecule has 1 aromatic heterocycles. The van der Waals surface area contributed by atoms with Gasteiger partial charge in [-0.3, -0.25) is 0 Å². The number of carboxylic acid groups (broad SMARTS) is 1. The van der Waals surface area contributed by atoms with E-state index in [0.29, 0.717) is 4.88 Å². The Bertz CT molecular complexity index is 227. The first kappa shape index (κ1) is 6.29. The first-order valence-electron chi connectivity index (χ1n) is 2.34. The fraction of sp³-hybridized carbons (Fsp3) is 0. The van der Waals surface area contributed by atoms with Crippen LogP contribution in [-0.4, -0.2) is 11.1 Å². The number of aromatic carboxylic acids is 1. The van der Waals surface area contributed by atoms with Crippen molar-refractivity contribution in [2.24, 2.45) is 0 Å². The molecule has 0 fully saturated rings. The molecule has 0 saturated carbocycles. The van der Waals surface area contributed by atoms with Crippen LogP contribution in [0, 0.1) is 6.92 Å². The maximum absolute atomic E-state index is 10.2. The topological polar surface area (TPSA) is 37.3 Å². The molecule has 0 unspecified atom stereocenters. The fourth-order valence-corrected chi connectivity index (χ4v) is 1.15.